The Balaban J connectivity index is 1.66. The van der Waals surface area contributed by atoms with Crippen molar-refractivity contribution in [3.63, 3.8) is 0 Å². The maximum Gasteiger partial charge on any atom is 0.307 e. The van der Waals surface area contributed by atoms with Crippen LogP contribution in [0.4, 0.5) is 0 Å². The zero-order valence-corrected chi connectivity index (χ0v) is 11.6. The first kappa shape index (κ1) is 13.8. The lowest BCUT2D eigenvalue weighted by Crippen LogP contribution is -2.38. The van der Waals surface area contributed by atoms with E-state index < -0.39 is 5.97 Å². The van der Waals surface area contributed by atoms with Crippen molar-refractivity contribution in [2.45, 2.75) is 19.4 Å². The van der Waals surface area contributed by atoms with Crippen LogP contribution < -0.4 is 0 Å². The molecule has 1 aliphatic rings. The molecule has 0 saturated carbocycles. The van der Waals surface area contributed by atoms with Gasteiger partial charge in [0.2, 0.25) is 11.7 Å². The third kappa shape index (κ3) is 3.28. The summed E-state index contributed by atoms with van der Waals surface area (Å²) in [6.07, 6.45) is 1.63. The Hall–Kier alpha value is -2.21. The number of carbonyl (C=O) groups is 1. The summed E-state index contributed by atoms with van der Waals surface area (Å²) < 4.78 is 5.27. The van der Waals surface area contributed by atoms with E-state index in [1.165, 1.54) is 0 Å². The number of piperidine rings is 1. The molecule has 1 aliphatic heterocycles. The number of carboxylic acids is 1. The van der Waals surface area contributed by atoms with Gasteiger partial charge in [0.05, 0.1) is 12.5 Å². The number of aromatic nitrogens is 2. The largest absolute Gasteiger partial charge is 0.481 e. The van der Waals surface area contributed by atoms with Crippen LogP contribution in [0.25, 0.3) is 11.4 Å². The molecule has 1 N–H and O–H groups in total. The van der Waals surface area contributed by atoms with Gasteiger partial charge >= 0.3 is 5.97 Å². The Kier molecular flexibility index (Phi) is 3.96. The van der Waals surface area contributed by atoms with Gasteiger partial charge in [-0.15, -0.1) is 0 Å². The first-order valence-corrected chi connectivity index (χ1v) is 7.05. The highest BCUT2D eigenvalue weighted by Gasteiger charge is 2.26. The predicted octanol–water partition coefficient (Wildman–Crippen LogP) is 2.03. The van der Waals surface area contributed by atoms with E-state index in [9.17, 15) is 4.79 Å². The Labute approximate surface area is 122 Å². The van der Waals surface area contributed by atoms with Gasteiger partial charge in [-0.3, -0.25) is 9.69 Å². The number of hydrogen-bond donors (Lipinski definition) is 1. The predicted molar refractivity (Wildman–Crippen MR) is 75.4 cm³/mol. The van der Waals surface area contributed by atoms with Crippen LogP contribution in [0.15, 0.2) is 34.9 Å². The molecule has 0 unspecified atom stereocenters. The third-order valence-electron chi connectivity index (χ3n) is 3.71. The summed E-state index contributed by atoms with van der Waals surface area (Å²) in [7, 11) is 0. The van der Waals surface area contributed by atoms with E-state index >= 15 is 0 Å². The highest BCUT2D eigenvalue weighted by molar-refractivity contribution is 5.70. The monoisotopic (exact) mass is 287 g/mol. The standard InChI is InChI=1S/C15H17N3O3/c19-15(20)12-7-4-8-18(9-12)10-13-16-14(17-21-13)11-5-2-1-3-6-11/h1-3,5-6,12H,4,7-10H2,(H,19,20)/t12-/m0/s1. The van der Waals surface area contributed by atoms with Crippen LogP contribution in [0.1, 0.15) is 18.7 Å². The fourth-order valence-corrected chi connectivity index (χ4v) is 2.62. The molecule has 2 aromatic rings. The molecule has 0 spiro atoms. The molecule has 1 saturated heterocycles. The van der Waals surface area contributed by atoms with Gasteiger partial charge in [0.15, 0.2) is 0 Å². The van der Waals surface area contributed by atoms with Crippen molar-refractivity contribution in [1.82, 2.24) is 15.0 Å². The van der Waals surface area contributed by atoms with Crippen molar-refractivity contribution in [2.75, 3.05) is 13.1 Å². The molecular formula is C15H17N3O3. The summed E-state index contributed by atoms with van der Waals surface area (Å²) in [5, 5.41) is 13.1. The highest BCUT2D eigenvalue weighted by atomic mass is 16.5. The van der Waals surface area contributed by atoms with E-state index in [1.807, 2.05) is 30.3 Å². The van der Waals surface area contributed by atoms with Crippen LogP contribution in [-0.2, 0) is 11.3 Å². The SMILES string of the molecule is O=C(O)[C@H]1CCCN(Cc2nc(-c3ccccc3)no2)C1. The Bertz CT molecular complexity index is 612. The third-order valence-corrected chi connectivity index (χ3v) is 3.71. The van der Waals surface area contributed by atoms with E-state index in [0.717, 1.165) is 24.9 Å². The molecule has 0 bridgehead atoms. The van der Waals surface area contributed by atoms with Gasteiger partial charge < -0.3 is 9.63 Å². The maximum atomic E-state index is 11.1. The average Bonchev–Trinajstić information content (AvgIpc) is 2.97. The van der Waals surface area contributed by atoms with E-state index in [0.29, 0.717) is 24.8 Å². The summed E-state index contributed by atoms with van der Waals surface area (Å²) >= 11 is 0. The number of benzene rings is 1. The molecule has 1 aromatic carbocycles. The molecule has 6 heteroatoms. The smallest absolute Gasteiger partial charge is 0.307 e. The fraction of sp³-hybridized carbons (Fsp3) is 0.400. The van der Waals surface area contributed by atoms with Crippen molar-refractivity contribution in [3.8, 4) is 11.4 Å². The summed E-state index contributed by atoms with van der Waals surface area (Å²) in [5.74, 6) is 0.0720. The number of hydrogen-bond acceptors (Lipinski definition) is 5. The first-order chi connectivity index (χ1) is 10.2. The second-order valence-electron chi connectivity index (χ2n) is 5.29. The van der Waals surface area contributed by atoms with Crippen molar-refractivity contribution in [2.24, 2.45) is 5.92 Å². The van der Waals surface area contributed by atoms with Crippen molar-refractivity contribution >= 4 is 5.97 Å². The minimum Gasteiger partial charge on any atom is -0.481 e. The van der Waals surface area contributed by atoms with E-state index in [2.05, 4.69) is 15.0 Å². The molecular weight excluding hydrogens is 270 g/mol. The van der Waals surface area contributed by atoms with Crippen LogP contribution in [0, 0.1) is 5.92 Å². The topological polar surface area (TPSA) is 79.5 Å². The van der Waals surface area contributed by atoms with E-state index in [4.69, 9.17) is 9.63 Å². The first-order valence-electron chi connectivity index (χ1n) is 7.05. The number of nitrogens with zero attached hydrogens (tertiary/aromatic N) is 3. The second kappa shape index (κ2) is 6.05. The second-order valence-corrected chi connectivity index (χ2v) is 5.29. The van der Waals surface area contributed by atoms with Crippen LogP contribution >= 0.6 is 0 Å². The lowest BCUT2D eigenvalue weighted by molar-refractivity contribution is -0.143. The lowest BCUT2D eigenvalue weighted by atomic mass is 9.98. The summed E-state index contributed by atoms with van der Waals surface area (Å²) in [6.45, 7) is 1.91. The van der Waals surface area contributed by atoms with Gasteiger partial charge in [-0.2, -0.15) is 4.98 Å². The van der Waals surface area contributed by atoms with Crippen molar-refractivity contribution in [1.29, 1.82) is 0 Å². The summed E-state index contributed by atoms with van der Waals surface area (Å²) in [5.41, 5.74) is 0.912. The minimum atomic E-state index is -0.727. The Morgan fingerprint density at radius 3 is 2.95 bits per heavy atom. The molecule has 0 amide bonds. The molecule has 1 atom stereocenters. The summed E-state index contributed by atoms with van der Waals surface area (Å²) in [4.78, 5) is 17.5. The molecule has 2 heterocycles. The number of carboxylic acid groups (broad SMARTS) is 1. The Morgan fingerprint density at radius 2 is 2.19 bits per heavy atom. The van der Waals surface area contributed by atoms with Gasteiger partial charge in [-0.05, 0) is 19.4 Å². The van der Waals surface area contributed by atoms with Gasteiger partial charge in [0, 0.05) is 12.1 Å². The molecule has 6 nitrogen and oxygen atoms in total. The van der Waals surface area contributed by atoms with E-state index in [-0.39, 0.29) is 5.92 Å². The molecule has 0 aliphatic carbocycles. The van der Waals surface area contributed by atoms with Gasteiger partial charge in [0.25, 0.3) is 0 Å². The van der Waals surface area contributed by atoms with Gasteiger partial charge in [0.1, 0.15) is 0 Å². The Morgan fingerprint density at radius 1 is 1.38 bits per heavy atom. The maximum absolute atomic E-state index is 11.1. The molecule has 110 valence electrons. The average molecular weight is 287 g/mol. The quantitative estimate of drug-likeness (QED) is 0.927. The molecule has 1 aromatic heterocycles. The fourth-order valence-electron chi connectivity index (χ4n) is 2.62. The number of aliphatic carboxylic acids is 1. The van der Waals surface area contributed by atoms with Crippen LogP contribution in [0.5, 0.6) is 0 Å². The number of rotatable bonds is 4. The molecule has 21 heavy (non-hydrogen) atoms. The van der Waals surface area contributed by atoms with Gasteiger partial charge in [-0.25, -0.2) is 0 Å². The zero-order chi connectivity index (χ0) is 14.7. The molecule has 0 radical (unpaired) electrons. The molecule has 1 fully saturated rings. The van der Waals surface area contributed by atoms with Crippen molar-refractivity contribution in [3.05, 3.63) is 36.2 Å². The highest BCUT2D eigenvalue weighted by Crippen LogP contribution is 2.20. The van der Waals surface area contributed by atoms with Gasteiger partial charge in [-0.1, -0.05) is 35.5 Å². The molecule has 3 rings (SSSR count). The normalized spacial score (nSPS) is 19.5. The number of likely N-dealkylation sites (tertiary alicyclic amines) is 1. The lowest BCUT2D eigenvalue weighted by Gasteiger charge is -2.29. The zero-order valence-electron chi connectivity index (χ0n) is 11.6. The van der Waals surface area contributed by atoms with Crippen LogP contribution in [-0.4, -0.2) is 39.2 Å². The van der Waals surface area contributed by atoms with Crippen LogP contribution in [0.3, 0.4) is 0 Å². The minimum absolute atomic E-state index is 0.296. The van der Waals surface area contributed by atoms with Crippen LogP contribution in [0.2, 0.25) is 0 Å². The van der Waals surface area contributed by atoms with E-state index in [1.54, 1.807) is 0 Å². The summed E-state index contributed by atoms with van der Waals surface area (Å²) in [6, 6.07) is 9.64. The van der Waals surface area contributed by atoms with Crippen molar-refractivity contribution < 1.29 is 14.4 Å².